The highest BCUT2D eigenvalue weighted by atomic mass is 32.2. The molecule has 0 radical (unpaired) electrons. The van der Waals surface area contributed by atoms with Crippen LogP contribution in [0.2, 0.25) is 0 Å². The maximum Gasteiger partial charge on any atom is 0.342 e. The van der Waals surface area contributed by atoms with E-state index >= 15 is 0 Å². The number of esters is 1. The molecule has 1 fully saturated rings. The first kappa shape index (κ1) is 39.7. The molecule has 0 spiro atoms. The number of phenolic OH excluding ortho intramolecular Hbond substituents is 2. The molecule has 2 bridgehead atoms. The first-order valence-electron chi connectivity index (χ1n) is 18.9. The first-order chi connectivity index (χ1) is 26.3. The van der Waals surface area contributed by atoms with Gasteiger partial charge >= 0.3 is 5.97 Å². The highest BCUT2D eigenvalue weighted by molar-refractivity contribution is 7.89. The lowest BCUT2D eigenvalue weighted by Crippen LogP contribution is -2.50. The van der Waals surface area contributed by atoms with Crippen molar-refractivity contribution < 1.29 is 42.5 Å². The van der Waals surface area contributed by atoms with Gasteiger partial charge in [0.05, 0.1) is 19.0 Å². The van der Waals surface area contributed by atoms with Crippen LogP contribution in [0.25, 0.3) is 6.08 Å². The number of nitrogens with one attached hydrogen (secondary N) is 1. The Morgan fingerprint density at radius 1 is 1.04 bits per heavy atom. The second kappa shape index (κ2) is 17.2. The summed E-state index contributed by atoms with van der Waals surface area (Å²) in [5.74, 6) is -2.95. The number of Topliss-reactive ketones (excluding diaryl/α,β-unsaturated/α-hetero) is 1. The number of piperidine rings is 1. The molecular formula is C41H49N3O10S. The molecule has 3 aliphatic heterocycles. The third-order valence-electron chi connectivity index (χ3n) is 10.8. The average molecular weight is 776 g/mol. The first-order valence-corrected chi connectivity index (χ1v) is 20.5. The van der Waals surface area contributed by atoms with Gasteiger partial charge in [-0.25, -0.2) is 17.5 Å². The van der Waals surface area contributed by atoms with Gasteiger partial charge in [-0.15, -0.1) is 0 Å². The largest absolute Gasteiger partial charge is 0.507 e. The second-order valence-electron chi connectivity index (χ2n) is 14.8. The summed E-state index contributed by atoms with van der Waals surface area (Å²) in [4.78, 5) is 51.9. The van der Waals surface area contributed by atoms with Gasteiger partial charge in [0, 0.05) is 74.6 Å². The highest BCUT2D eigenvalue weighted by Crippen LogP contribution is 2.44. The van der Waals surface area contributed by atoms with Crippen molar-refractivity contribution in [1.29, 1.82) is 0 Å². The maximum absolute atomic E-state index is 13.7. The number of rotatable bonds is 9. The Morgan fingerprint density at radius 2 is 1.80 bits per heavy atom. The number of carbonyl (C=O) groups is 3. The molecule has 1 aromatic heterocycles. The van der Waals surface area contributed by atoms with Gasteiger partial charge in [0.25, 0.3) is 5.56 Å². The van der Waals surface area contributed by atoms with E-state index in [1.165, 1.54) is 23.5 Å². The fraction of sp³-hybridized carbons (Fsp3) is 0.463. The molecule has 0 aliphatic carbocycles. The Balaban J connectivity index is 1.22. The molecule has 3 aromatic rings. The minimum Gasteiger partial charge on any atom is -0.507 e. The van der Waals surface area contributed by atoms with E-state index in [4.69, 9.17) is 9.47 Å². The van der Waals surface area contributed by atoms with Gasteiger partial charge in [0.15, 0.2) is 0 Å². The summed E-state index contributed by atoms with van der Waals surface area (Å²) in [6, 6.07) is 13.2. The lowest BCUT2D eigenvalue weighted by atomic mass is 9.84. The fourth-order valence-electron chi connectivity index (χ4n) is 8.03. The van der Waals surface area contributed by atoms with Crippen molar-refractivity contribution in [2.75, 3.05) is 32.5 Å². The van der Waals surface area contributed by atoms with Gasteiger partial charge in [0.2, 0.25) is 15.9 Å². The van der Waals surface area contributed by atoms with E-state index in [0.29, 0.717) is 62.9 Å². The number of aromatic hydroxyl groups is 2. The number of cyclic esters (lactones) is 1. The van der Waals surface area contributed by atoms with Crippen molar-refractivity contribution in [3.63, 3.8) is 0 Å². The fourth-order valence-corrected chi connectivity index (χ4v) is 9.49. The molecule has 4 atom stereocenters. The summed E-state index contributed by atoms with van der Waals surface area (Å²) in [5, 5.41) is 26.0. The number of aromatic nitrogens is 1. The Kier molecular flexibility index (Phi) is 12.5. The highest BCUT2D eigenvalue weighted by Gasteiger charge is 2.39. The van der Waals surface area contributed by atoms with E-state index in [2.05, 4.69) is 5.32 Å². The van der Waals surface area contributed by atoms with E-state index < -0.39 is 39.7 Å². The van der Waals surface area contributed by atoms with Gasteiger partial charge in [0.1, 0.15) is 28.6 Å². The molecule has 2 aromatic carbocycles. The van der Waals surface area contributed by atoms with E-state index in [-0.39, 0.29) is 70.9 Å². The smallest absolute Gasteiger partial charge is 0.342 e. The molecule has 55 heavy (non-hydrogen) atoms. The molecule has 1 saturated heterocycles. The van der Waals surface area contributed by atoms with Crippen molar-refractivity contribution in [1.82, 2.24) is 14.2 Å². The van der Waals surface area contributed by atoms with Crippen LogP contribution >= 0.6 is 0 Å². The topological polar surface area (TPSA) is 182 Å². The lowest BCUT2D eigenvalue weighted by Gasteiger charge is -2.42. The number of ketones is 1. The molecule has 13 nitrogen and oxygen atoms in total. The Bertz CT molecular complexity index is 2110. The van der Waals surface area contributed by atoms with Crippen LogP contribution in [0.3, 0.4) is 0 Å². The molecule has 14 heteroatoms. The number of carbonyl (C=O) groups excluding carboxylic acids is 3. The zero-order valence-corrected chi connectivity index (χ0v) is 32.1. The molecule has 0 saturated carbocycles. The number of pyridine rings is 1. The van der Waals surface area contributed by atoms with Gasteiger partial charge in [-0.05, 0) is 80.3 Å². The van der Waals surface area contributed by atoms with Crippen LogP contribution in [-0.4, -0.2) is 83.8 Å². The monoisotopic (exact) mass is 775 g/mol. The molecule has 3 aliphatic rings. The average Bonchev–Trinajstić information content (AvgIpc) is 3.14. The van der Waals surface area contributed by atoms with Gasteiger partial charge in [-0.2, -0.15) is 0 Å². The van der Waals surface area contributed by atoms with Crippen molar-refractivity contribution in [3.8, 4) is 17.2 Å². The van der Waals surface area contributed by atoms with Crippen LogP contribution in [-0.2, 0) is 30.9 Å². The predicted octanol–water partition coefficient (Wildman–Crippen LogP) is 4.84. The Morgan fingerprint density at radius 3 is 2.56 bits per heavy atom. The third kappa shape index (κ3) is 9.30. The van der Waals surface area contributed by atoms with Crippen molar-refractivity contribution in [2.45, 2.75) is 82.8 Å². The number of ether oxygens (including phenoxy) is 2. The molecule has 294 valence electrons. The van der Waals surface area contributed by atoms with Crippen LogP contribution in [0.5, 0.6) is 17.2 Å². The van der Waals surface area contributed by atoms with Gasteiger partial charge < -0.3 is 29.6 Å². The number of methoxy groups -OCH3 is 1. The van der Waals surface area contributed by atoms with Crippen LogP contribution in [0.1, 0.15) is 103 Å². The number of fused-ring (bicyclic) bond motifs is 5. The van der Waals surface area contributed by atoms with Crippen LogP contribution in [0, 0.1) is 5.92 Å². The van der Waals surface area contributed by atoms with Gasteiger partial charge in [-0.1, -0.05) is 30.4 Å². The lowest BCUT2D eigenvalue weighted by molar-refractivity contribution is -0.121. The third-order valence-corrected chi connectivity index (χ3v) is 12.6. The summed E-state index contributed by atoms with van der Waals surface area (Å²) < 4.78 is 41.3. The van der Waals surface area contributed by atoms with E-state index in [9.17, 15) is 37.8 Å². The number of hydrogen-bond donors (Lipinski definition) is 3. The zero-order valence-electron chi connectivity index (χ0n) is 31.2. The zero-order chi connectivity index (χ0) is 39.3. The Hall–Kier alpha value is -4.95. The van der Waals surface area contributed by atoms with Crippen LogP contribution in [0.15, 0.2) is 59.4 Å². The van der Waals surface area contributed by atoms with E-state index in [1.54, 1.807) is 54.0 Å². The van der Waals surface area contributed by atoms with Crippen molar-refractivity contribution >= 4 is 33.8 Å². The summed E-state index contributed by atoms with van der Waals surface area (Å²) in [7, 11) is -2.26. The molecule has 1 amide bonds. The number of nitrogens with zero attached hydrogens (tertiary/aromatic N) is 2. The number of allylic oxidation sites excluding steroid dienone is 1. The molecule has 6 rings (SSSR count). The Labute approximate surface area is 321 Å². The second-order valence-corrected chi connectivity index (χ2v) is 16.9. The number of hydrogen-bond acceptors (Lipinski definition) is 10. The summed E-state index contributed by atoms with van der Waals surface area (Å²) >= 11 is 0. The number of amides is 1. The van der Waals surface area contributed by atoms with Crippen molar-refractivity contribution in [2.24, 2.45) is 5.92 Å². The van der Waals surface area contributed by atoms with E-state index in [1.807, 2.05) is 6.07 Å². The van der Waals surface area contributed by atoms with E-state index in [0.717, 1.165) is 12.1 Å². The number of sulfonamides is 1. The maximum atomic E-state index is 13.7. The van der Waals surface area contributed by atoms with Gasteiger partial charge in [-0.3, -0.25) is 14.4 Å². The summed E-state index contributed by atoms with van der Waals surface area (Å²) in [6.07, 6.45) is 6.29. The van der Waals surface area contributed by atoms with Crippen molar-refractivity contribution in [3.05, 3.63) is 92.9 Å². The number of phenols is 2. The minimum atomic E-state index is -3.77. The SMILES string of the molecule is COc1ccc(C(CC(=O)NCCS(=O)(=O)N2C[C@H]3C[C@@H](C2)c2cccc(=O)n2C3)c2c(O)cc3c(c2O)C(=O)O[C@@H](C)CCCC(=O)CCC/C=C/3)cc1. The summed E-state index contributed by atoms with van der Waals surface area (Å²) in [6.45, 7) is 2.54. The number of benzene rings is 2. The quantitative estimate of drug-likeness (QED) is 0.255. The molecule has 1 unspecified atom stereocenters. The normalized spacial score (nSPS) is 22.0. The van der Waals surface area contributed by atoms with Crippen LogP contribution < -0.4 is 15.6 Å². The minimum absolute atomic E-state index is 0.00472. The standard InChI is InChI=1S/C41H49N3O10S/c1-26-8-6-11-31(45)10-5-3-4-9-29-21-35(46)39(40(49)38(29)41(50)54-26)33(28-14-16-32(53-2)17-15-28)22-36(47)42-18-19-55(51,52)43-23-27-20-30(25-43)34-12-7-13-37(48)44(34)24-27/h4,7,9,12-17,21,26-27,30,33,46,49H,3,5-6,8,10-11,18-20,22-25H2,1-2H3,(H,42,47)/b9-4+/t26-,27+,30-,33?/m0/s1. The molecular weight excluding hydrogens is 727 g/mol. The van der Waals surface area contributed by atoms with Crippen LogP contribution in [0.4, 0.5) is 0 Å². The summed E-state index contributed by atoms with van der Waals surface area (Å²) in [5.41, 5.74) is 1.27. The molecule has 4 heterocycles. The predicted molar refractivity (Wildman–Crippen MR) is 206 cm³/mol. The molecule has 3 N–H and O–H groups in total.